The van der Waals surface area contributed by atoms with E-state index in [0.717, 1.165) is 10.9 Å². The first kappa shape index (κ1) is 18.8. The molecule has 0 spiro atoms. The van der Waals surface area contributed by atoms with Crippen LogP contribution in [0.5, 0.6) is 0 Å². The van der Waals surface area contributed by atoms with Crippen LogP contribution in [-0.4, -0.2) is 64.9 Å². The van der Waals surface area contributed by atoms with Gasteiger partial charge in [0.1, 0.15) is 0 Å². The summed E-state index contributed by atoms with van der Waals surface area (Å²) in [5.74, 6) is -0.705. The molecule has 0 atom stereocenters. The van der Waals surface area contributed by atoms with E-state index in [2.05, 4.69) is 0 Å². The summed E-state index contributed by atoms with van der Waals surface area (Å²) in [6, 6.07) is 10.8. The highest BCUT2D eigenvalue weighted by atomic mass is 16.5. The molecular formula is C21H21N3O5. The number of amides is 2. The van der Waals surface area contributed by atoms with Gasteiger partial charge in [-0.15, -0.1) is 0 Å². The Morgan fingerprint density at radius 3 is 2.45 bits per heavy atom. The molecule has 1 aliphatic heterocycles. The van der Waals surface area contributed by atoms with Crippen LogP contribution in [0.25, 0.3) is 10.9 Å². The molecule has 2 aromatic heterocycles. The number of rotatable bonds is 4. The number of fused-ring (bicyclic) bond motifs is 1. The molecule has 3 aromatic rings. The number of nitrogens with zero attached hydrogens (tertiary/aromatic N) is 3. The number of hydrogen-bond acceptors (Lipinski definition) is 5. The molecule has 4 rings (SSSR count). The van der Waals surface area contributed by atoms with Gasteiger partial charge < -0.3 is 23.5 Å². The molecule has 29 heavy (non-hydrogen) atoms. The molecule has 1 aromatic carbocycles. The van der Waals surface area contributed by atoms with E-state index >= 15 is 0 Å². The van der Waals surface area contributed by atoms with E-state index < -0.39 is 5.97 Å². The van der Waals surface area contributed by atoms with Crippen LogP contribution in [0.15, 0.2) is 53.3 Å². The third-order valence-corrected chi connectivity index (χ3v) is 5.10. The molecule has 0 unspecified atom stereocenters. The summed E-state index contributed by atoms with van der Waals surface area (Å²) in [5, 5.41) is 0.789. The average Bonchev–Trinajstić information content (AvgIpc) is 3.40. The van der Waals surface area contributed by atoms with E-state index in [4.69, 9.17) is 9.15 Å². The maximum absolute atomic E-state index is 12.5. The number of carbonyl (C=O) groups is 3. The lowest BCUT2D eigenvalue weighted by Gasteiger charge is -2.34. The number of carbonyl (C=O) groups excluding carboxylic acids is 3. The van der Waals surface area contributed by atoms with Gasteiger partial charge in [-0.1, -0.05) is 18.2 Å². The van der Waals surface area contributed by atoms with Crippen molar-refractivity contribution in [1.82, 2.24) is 14.4 Å². The average molecular weight is 395 g/mol. The maximum Gasteiger partial charge on any atom is 0.340 e. The molecule has 0 radical (unpaired) electrons. The quantitative estimate of drug-likeness (QED) is 0.630. The van der Waals surface area contributed by atoms with Gasteiger partial charge in [0.15, 0.2) is 12.4 Å². The number of furan rings is 1. The fourth-order valence-corrected chi connectivity index (χ4v) is 3.52. The highest BCUT2D eigenvalue weighted by Crippen LogP contribution is 2.21. The zero-order chi connectivity index (χ0) is 20.4. The molecule has 3 heterocycles. The van der Waals surface area contributed by atoms with Crippen molar-refractivity contribution in [2.45, 2.75) is 0 Å². The molecule has 1 saturated heterocycles. The molecule has 0 bridgehead atoms. The summed E-state index contributed by atoms with van der Waals surface area (Å²) < 4.78 is 12.2. The largest absolute Gasteiger partial charge is 0.459 e. The van der Waals surface area contributed by atoms with Gasteiger partial charge >= 0.3 is 5.97 Å². The van der Waals surface area contributed by atoms with Gasteiger partial charge in [0.2, 0.25) is 0 Å². The van der Waals surface area contributed by atoms with Crippen molar-refractivity contribution >= 4 is 28.7 Å². The molecule has 1 aliphatic rings. The smallest absolute Gasteiger partial charge is 0.340 e. The van der Waals surface area contributed by atoms with Crippen molar-refractivity contribution in [2.75, 3.05) is 32.8 Å². The second kappa shape index (κ2) is 7.83. The first-order chi connectivity index (χ1) is 14.0. The van der Waals surface area contributed by atoms with Crippen LogP contribution in [-0.2, 0) is 16.6 Å². The standard InChI is InChI=1S/C21H21N3O5/c1-22-13-16(15-5-2-3-6-17(15)22)21(27)29-14-19(25)23-8-10-24(11-9-23)20(26)18-7-4-12-28-18/h2-7,12-13H,8-11,14H2,1H3. The maximum atomic E-state index is 12.5. The van der Waals surface area contributed by atoms with Gasteiger partial charge in [0.05, 0.1) is 11.8 Å². The molecule has 0 N–H and O–H groups in total. The van der Waals surface area contributed by atoms with Crippen molar-refractivity contribution in [3.8, 4) is 0 Å². The van der Waals surface area contributed by atoms with Gasteiger partial charge in [0.25, 0.3) is 11.8 Å². The topological polar surface area (TPSA) is 85.0 Å². The summed E-state index contributed by atoms with van der Waals surface area (Å²) in [7, 11) is 1.85. The minimum atomic E-state index is -0.526. The third-order valence-electron chi connectivity index (χ3n) is 5.10. The number of hydrogen-bond donors (Lipinski definition) is 0. The fraction of sp³-hybridized carbons (Fsp3) is 0.286. The number of ether oxygens (including phenoxy) is 1. The third kappa shape index (κ3) is 3.73. The second-order valence-corrected chi connectivity index (χ2v) is 6.90. The Bertz CT molecular complexity index is 1050. The molecular weight excluding hydrogens is 374 g/mol. The predicted molar refractivity (Wildman–Crippen MR) is 104 cm³/mol. The van der Waals surface area contributed by atoms with Gasteiger partial charge in [-0.2, -0.15) is 0 Å². The number of para-hydroxylation sites is 1. The molecule has 8 heteroatoms. The molecule has 0 saturated carbocycles. The molecule has 150 valence electrons. The Balaban J connectivity index is 1.31. The monoisotopic (exact) mass is 395 g/mol. The van der Waals surface area contributed by atoms with Crippen molar-refractivity contribution in [3.63, 3.8) is 0 Å². The van der Waals surface area contributed by atoms with Gasteiger partial charge in [-0.05, 0) is 18.2 Å². The SMILES string of the molecule is Cn1cc(C(=O)OCC(=O)N2CCN(C(=O)c3ccco3)CC2)c2ccccc21. The molecule has 2 amide bonds. The van der Waals surface area contributed by atoms with Crippen molar-refractivity contribution in [2.24, 2.45) is 7.05 Å². The lowest BCUT2D eigenvalue weighted by atomic mass is 10.2. The Labute approximate surface area is 167 Å². The van der Waals surface area contributed by atoms with Gasteiger partial charge in [-0.3, -0.25) is 9.59 Å². The summed E-state index contributed by atoms with van der Waals surface area (Å²) in [5.41, 5.74) is 1.35. The lowest BCUT2D eigenvalue weighted by Crippen LogP contribution is -2.51. The lowest BCUT2D eigenvalue weighted by molar-refractivity contribution is -0.136. The Kier molecular flexibility index (Phi) is 5.07. The van der Waals surface area contributed by atoms with E-state index in [1.54, 1.807) is 28.1 Å². The van der Waals surface area contributed by atoms with Crippen LogP contribution in [0.1, 0.15) is 20.9 Å². The van der Waals surface area contributed by atoms with E-state index in [1.165, 1.54) is 6.26 Å². The number of aryl methyl sites for hydroxylation is 1. The fourth-order valence-electron chi connectivity index (χ4n) is 3.52. The van der Waals surface area contributed by atoms with E-state index in [9.17, 15) is 14.4 Å². The molecule has 1 fully saturated rings. The van der Waals surface area contributed by atoms with E-state index in [0.29, 0.717) is 31.7 Å². The van der Waals surface area contributed by atoms with Crippen LogP contribution >= 0.6 is 0 Å². The summed E-state index contributed by atoms with van der Waals surface area (Å²) in [6.07, 6.45) is 3.16. The van der Waals surface area contributed by atoms with Crippen molar-refractivity contribution in [1.29, 1.82) is 0 Å². The van der Waals surface area contributed by atoms with E-state index in [1.807, 2.05) is 35.9 Å². The predicted octanol–water partition coefficient (Wildman–Crippen LogP) is 1.91. The molecule has 0 aliphatic carbocycles. The normalized spacial score (nSPS) is 14.2. The number of aromatic nitrogens is 1. The first-order valence-corrected chi connectivity index (χ1v) is 9.36. The molecule has 8 nitrogen and oxygen atoms in total. The Hall–Kier alpha value is -3.55. The number of piperazine rings is 1. The van der Waals surface area contributed by atoms with Crippen LogP contribution in [0, 0.1) is 0 Å². The minimum absolute atomic E-state index is 0.190. The zero-order valence-electron chi connectivity index (χ0n) is 16.0. The van der Waals surface area contributed by atoms with Crippen molar-refractivity contribution in [3.05, 3.63) is 60.2 Å². The Morgan fingerprint density at radius 1 is 1.00 bits per heavy atom. The van der Waals surface area contributed by atoms with Crippen LogP contribution in [0.4, 0.5) is 0 Å². The highest BCUT2D eigenvalue weighted by Gasteiger charge is 2.27. The number of esters is 1. The minimum Gasteiger partial charge on any atom is -0.459 e. The Morgan fingerprint density at radius 2 is 1.72 bits per heavy atom. The van der Waals surface area contributed by atoms with Gasteiger partial charge in [0, 0.05) is 50.3 Å². The highest BCUT2D eigenvalue weighted by molar-refractivity contribution is 6.04. The van der Waals surface area contributed by atoms with Gasteiger partial charge in [-0.25, -0.2) is 4.79 Å². The van der Waals surface area contributed by atoms with E-state index in [-0.39, 0.29) is 24.2 Å². The van der Waals surface area contributed by atoms with Crippen LogP contribution in [0.3, 0.4) is 0 Å². The van der Waals surface area contributed by atoms with Crippen LogP contribution in [0.2, 0.25) is 0 Å². The second-order valence-electron chi connectivity index (χ2n) is 6.90. The van der Waals surface area contributed by atoms with Crippen molar-refractivity contribution < 1.29 is 23.5 Å². The first-order valence-electron chi connectivity index (χ1n) is 9.36. The number of benzene rings is 1. The zero-order valence-corrected chi connectivity index (χ0v) is 16.0. The van der Waals surface area contributed by atoms with Crippen LogP contribution < -0.4 is 0 Å². The summed E-state index contributed by atoms with van der Waals surface area (Å²) in [4.78, 5) is 40.4. The summed E-state index contributed by atoms with van der Waals surface area (Å²) >= 11 is 0. The summed E-state index contributed by atoms with van der Waals surface area (Å²) in [6.45, 7) is 1.26.